The SMILES string of the molecule is CN(C)C(=O)c1ccc(/C=C/C(=O)N2CCOC(c3cccc(Cl)c3)C2)cc1. The van der Waals surface area contributed by atoms with E-state index < -0.39 is 0 Å². The predicted octanol–water partition coefficient (Wildman–Crippen LogP) is 3.66. The first kappa shape index (κ1) is 20.1. The monoisotopic (exact) mass is 398 g/mol. The molecule has 0 bridgehead atoms. The van der Waals surface area contributed by atoms with Crippen LogP contribution in [0.4, 0.5) is 0 Å². The number of morpholine rings is 1. The zero-order valence-corrected chi connectivity index (χ0v) is 16.7. The highest BCUT2D eigenvalue weighted by Gasteiger charge is 2.24. The molecule has 146 valence electrons. The second kappa shape index (κ2) is 9.04. The summed E-state index contributed by atoms with van der Waals surface area (Å²) >= 11 is 6.06. The third-order valence-corrected chi connectivity index (χ3v) is 4.82. The third-order valence-electron chi connectivity index (χ3n) is 4.58. The van der Waals surface area contributed by atoms with Crippen LogP contribution in [-0.2, 0) is 9.53 Å². The molecule has 1 aliphatic heterocycles. The Kier molecular flexibility index (Phi) is 6.49. The summed E-state index contributed by atoms with van der Waals surface area (Å²) in [5.41, 5.74) is 2.45. The summed E-state index contributed by atoms with van der Waals surface area (Å²) < 4.78 is 5.80. The fourth-order valence-electron chi connectivity index (χ4n) is 3.03. The van der Waals surface area contributed by atoms with Crippen molar-refractivity contribution in [3.05, 3.63) is 76.3 Å². The maximum atomic E-state index is 12.6. The molecule has 1 atom stereocenters. The van der Waals surface area contributed by atoms with Crippen molar-refractivity contribution in [2.75, 3.05) is 33.8 Å². The normalized spacial score (nSPS) is 17.0. The van der Waals surface area contributed by atoms with Gasteiger partial charge in [-0.2, -0.15) is 0 Å². The lowest BCUT2D eigenvalue weighted by Crippen LogP contribution is -2.41. The van der Waals surface area contributed by atoms with Gasteiger partial charge < -0.3 is 14.5 Å². The average molecular weight is 399 g/mol. The van der Waals surface area contributed by atoms with Crippen LogP contribution in [0.2, 0.25) is 5.02 Å². The first-order valence-corrected chi connectivity index (χ1v) is 9.47. The molecule has 28 heavy (non-hydrogen) atoms. The number of hydrogen-bond donors (Lipinski definition) is 0. The third kappa shape index (κ3) is 5.00. The zero-order chi connectivity index (χ0) is 20.1. The highest BCUT2D eigenvalue weighted by atomic mass is 35.5. The number of carbonyl (C=O) groups is 2. The Morgan fingerprint density at radius 1 is 1.18 bits per heavy atom. The Bertz CT molecular complexity index is 878. The molecule has 0 aliphatic carbocycles. The molecule has 0 saturated carbocycles. The summed E-state index contributed by atoms with van der Waals surface area (Å²) in [6.45, 7) is 1.52. The molecule has 2 amide bonds. The highest BCUT2D eigenvalue weighted by molar-refractivity contribution is 6.30. The quantitative estimate of drug-likeness (QED) is 0.738. The maximum absolute atomic E-state index is 12.6. The average Bonchev–Trinajstić information content (AvgIpc) is 2.72. The van der Waals surface area contributed by atoms with Gasteiger partial charge in [-0.1, -0.05) is 35.9 Å². The molecule has 1 unspecified atom stereocenters. The Morgan fingerprint density at radius 2 is 1.93 bits per heavy atom. The minimum atomic E-state index is -0.180. The first-order chi connectivity index (χ1) is 13.4. The van der Waals surface area contributed by atoms with E-state index in [4.69, 9.17) is 16.3 Å². The van der Waals surface area contributed by atoms with Gasteiger partial charge in [0.1, 0.15) is 6.10 Å². The second-order valence-corrected chi connectivity index (χ2v) is 7.29. The minimum absolute atomic E-state index is 0.0491. The Hall–Kier alpha value is -2.63. The van der Waals surface area contributed by atoms with E-state index in [1.807, 2.05) is 36.4 Å². The van der Waals surface area contributed by atoms with E-state index >= 15 is 0 Å². The van der Waals surface area contributed by atoms with Gasteiger partial charge in [0.2, 0.25) is 5.91 Å². The van der Waals surface area contributed by atoms with Gasteiger partial charge in [-0.05, 0) is 41.5 Å². The van der Waals surface area contributed by atoms with E-state index in [1.54, 1.807) is 43.3 Å². The molecular formula is C22H23ClN2O3. The Labute approximate surface area is 170 Å². The van der Waals surface area contributed by atoms with Crippen molar-refractivity contribution in [1.29, 1.82) is 0 Å². The van der Waals surface area contributed by atoms with Crippen LogP contribution in [0.3, 0.4) is 0 Å². The number of nitrogens with zero attached hydrogens (tertiary/aromatic N) is 2. The van der Waals surface area contributed by atoms with Crippen LogP contribution >= 0.6 is 11.6 Å². The van der Waals surface area contributed by atoms with Gasteiger partial charge >= 0.3 is 0 Å². The molecule has 0 radical (unpaired) electrons. The van der Waals surface area contributed by atoms with Crippen LogP contribution in [0, 0.1) is 0 Å². The largest absolute Gasteiger partial charge is 0.370 e. The molecule has 1 fully saturated rings. The molecule has 6 heteroatoms. The number of halogens is 1. The number of carbonyl (C=O) groups excluding carboxylic acids is 2. The molecule has 0 spiro atoms. The van der Waals surface area contributed by atoms with Gasteiger partial charge in [0.25, 0.3) is 5.91 Å². The summed E-state index contributed by atoms with van der Waals surface area (Å²) in [5, 5.41) is 0.653. The van der Waals surface area contributed by atoms with Crippen molar-refractivity contribution in [2.24, 2.45) is 0 Å². The first-order valence-electron chi connectivity index (χ1n) is 9.10. The number of amides is 2. The van der Waals surface area contributed by atoms with Crippen LogP contribution < -0.4 is 0 Å². The number of rotatable bonds is 4. The Morgan fingerprint density at radius 3 is 2.61 bits per heavy atom. The zero-order valence-electron chi connectivity index (χ0n) is 16.0. The topological polar surface area (TPSA) is 49.9 Å². The summed E-state index contributed by atoms with van der Waals surface area (Å²) in [4.78, 5) is 27.8. The van der Waals surface area contributed by atoms with Crippen molar-refractivity contribution < 1.29 is 14.3 Å². The fourth-order valence-corrected chi connectivity index (χ4v) is 3.22. The van der Waals surface area contributed by atoms with Crippen molar-refractivity contribution >= 4 is 29.5 Å². The molecule has 0 aromatic heterocycles. The van der Waals surface area contributed by atoms with Crippen molar-refractivity contribution in [2.45, 2.75) is 6.10 Å². The molecule has 1 saturated heterocycles. The smallest absolute Gasteiger partial charge is 0.253 e. The molecule has 3 rings (SSSR count). The second-order valence-electron chi connectivity index (χ2n) is 6.85. The van der Waals surface area contributed by atoms with Crippen LogP contribution in [0.15, 0.2) is 54.6 Å². The summed E-state index contributed by atoms with van der Waals surface area (Å²) in [6.07, 6.45) is 3.14. The van der Waals surface area contributed by atoms with Crippen LogP contribution in [0.25, 0.3) is 6.08 Å². The lowest BCUT2D eigenvalue weighted by atomic mass is 10.1. The standard InChI is InChI=1S/C22H23ClN2O3/c1-24(2)22(27)17-9-6-16(7-10-17)8-11-21(26)25-12-13-28-20(15-25)18-4-3-5-19(23)14-18/h3-11,14,20H,12-13,15H2,1-2H3/b11-8+. The van der Waals surface area contributed by atoms with E-state index in [1.165, 1.54) is 4.90 Å². The summed E-state index contributed by atoms with van der Waals surface area (Å²) in [7, 11) is 3.43. The minimum Gasteiger partial charge on any atom is -0.370 e. The van der Waals surface area contributed by atoms with Gasteiger partial charge in [0.15, 0.2) is 0 Å². The van der Waals surface area contributed by atoms with Crippen LogP contribution in [-0.4, -0.2) is 55.4 Å². The lowest BCUT2D eigenvalue weighted by molar-refractivity contribution is -0.133. The maximum Gasteiger partial charge on any atom is 0.253 e. The molecule has 0 N–H and O–H groups in total. The lowest BCUT2D eigenvalue weighted by Gasteiger charge is -2.32. The number of hydrogen-bond acceptors (Lipinski definition) is 3. The fraction of sp³-hybridized carbons (Fsp3) is 0.273. The van der Waals surface area contributed by atoms with Gasteiger partial charge in [-0.15, -0.1) is 0 Å². The number of benzene rings is 2. The molecular weight excluding hydrogens is 376 g/mol. The molecule has 1 aliphatic rings. The van der Waals surface area contributed by atoms with Gasteiger partial charge in [-0.25, -0.2) is 0 Å². The van der Waals surface area contributed by atoms with Crippen molar-refractivity contribution in [3.8, 4) is 0 Å². The van der Waals surface area contributed by atoms with E-state index in [0.29, 0.717) is 30.3 Å². The summed E-state index contributed by atoms with van der Waals surface area (Å²) in [5.74, 6) is -0.115. The van der Waals surface area contributed by atoms with Crippen molar-refractivity contribution in [1.82, 2.24) is 9.80 Å². The van der Waals surface area contributed by atoms with E-state index in [0.717, 1.165) is 11.1 Å². The van der Waals surface area contributed by atoms with Crippen LogP contribution in [0.1, 0.15) is 27.6 Å². The summed E-state index contributed by atoms with van der Waals surface area (Å²) in [6, 6.07) is 14.7. The van der Waals surface area contributed by atoms with Gasteiger partial charge in [0, 0.05) is 37.3 Å². The molecule has 5 nitrogen and oxygen atoms in total. The molecule has 2 aromatic carbocycles. The van der Waals surface area contributed by atoms with Crippen molar-refractivity contribution in [3.63, 3.8) is 0 Å². The van der Waals surface area contributed by atoms with E-state index in [-0.39, 0.29) is 17.9 Å². The van der Waals surface area contributed by atoms with Gasteiger partial charge in [-0.3, -0.25) is 9.59 Å². The van der Waals surface area contributed by atoms with Crippen LogP contribution in [0.5, 0.6) is 0 Å². The highest BCUT2D eigenvalue weighted by Crippen LogP contribution is 2.24. The molecule has 1 heterocycles. The predicted molar refractivity (Wildman–Crippen MR) is 110 cm³/mol. The van der Waals surface area contributed by atoms with E-state index in [9.17, 15) is 9.59 Å². The van der Waals surface area contributed by atoms with E-state index in [2.05, 4.69) is 0 Å². The Balaban J connectivity index is 1.63. The molecule has 2 aromatic rings. The van der Waals surface area contributed by atoms with Gasteiger partial charge in [0.05, 0.1) is 13.2 Å². The number of ether oxygens (including phenoxy) is 1.